The van der Waals surface area contributed by atoms with E-state index in [0.29, 0.717) is 5.41 Å². The highest BCUT2D eigenvalue weighted by Crippen LogP contribution is 2.52. The van der Waals surface area contributed by atoms with Crippen LogP contribution in [-0.2, 0) is 4.74 Å². The molecule has 1 nitrogen and oxygen atoms in total. The second kappa shape index (κ2) is 4.00. The molecule has 78 valence electrons. The standard InChI is InChI=1S/C12H24O/c1-5-11(6-2)9-10-13-12(11,7-3)8-4/h5-10H2,1-4H3. The largest absolute Gasteiger partial charge is 0.374 e. The van der Waals surface area contributed by atoms with Crippen molar-refractivity contribution < 1.29 is 4.74 Å². The molecule has 0 aromatic carbocycles. The van der Waals surface area contributed by atoms with Crippen LogP contribution < -0.4 is 0 Å². The Bertz CT molecular complexity index is 137. The quantitative estimate of drug-likeness (QED) is 0.646. The zero-order chi connectivity index (χ0) is 9.95. The topological polar surface area (TPSA) is 9.23 Å². The van der Waals surface area contributed by atoms with Gasteiger partial charge in [0.1, 0.15) is 0 Å². The van der Waals surface area contributed by atoms with Crippen molar-refractivity contribution in [2.45, 2.75) is 65.4 Å². The van der Waals surface area contributed by atoms with Crippen LogP contribution in [0.2, 0.25) is 0 Å². The van der Waals surface area contributed by atoms with Gasteiger partial charge in [-0.1, -0.05) is 27.7 Å². The SMILES string of the molecule is CCC1(CC)CCOC1(CC)CC. The van der Waals surface area contributed by atoms with Gasteiger partial charge in [0.05, 0.1) is 5.60 Å². The predicted molar refractivity (Wildman–Crippen MR) is 56.9 cm³/mol. The molecule has 0 N–H and O–H groups in total. The lowest BCUT2D eigenvalue weighted by Gasteiger charge is -2.43. The highest BCUT2D eigenvalue weighted by molar-refractivity contribution is 5.01. The number of hydrogen-bond donors (Lipinski definition) is 0. The summed E-state index contributed by atoms with van der Waals surface area (Å²) >= 11 is 0. The Morgan fingerprint density at radius 1 is 0.923 bits per heavy atom. The average Bonchev–Trinajstić information content (AvgIpc) is 2.57. The highest BCUT2D eigenvalue weighted by Gasteiger charge is 2.51. The molecule has 0 saturated carbocycles. The van der Waals surface area contributed by atoms with Gasteiger partial charge in [0.25, 0.3) is 0 Å². The highest BCUT2D eigenvalue weighted by atomic mass is 16.5. The van der Waals surface area contributed by atoms with Crippen molar-refractivity contribution in [2.75, 3.05) is 6.61 Å². The summed E-state index contributed by atoms with van der Waals surface area (Å²) in [5.41, 5.74) is 0.660. The van der Waals surface area contributed by atoms with Gasteiger partial charge in [0.2, 0.25) is 0 Å². The molecule has 1 fully saturated rings. The first-order chi connectivity index (χ1) is 6.20. The van der Waals surface area contributed by atoms with Crippen molar-refractivity contribution in [3.63, 3.8) is 0 Å². The third kappa shape index (κ3) is 1.41. The summed E-state index contributed by atoms with van der Waals surface area (Å²) in [6, 6.07) is 0. The van der Waals surface area contributed by atoms with Gasteiger partial charge in [-0.05, 0) is 32.1 Å². The van der Waals surface area contributed by atoms with E-state index in [9.17, 15) is 0 Å². The first-order valence-corrected chi connectivity index (χ1v) is 5.84. The van der Waals surface area contributed by atoms with Crippen LogP contribution in [0, 0.1) is 5.41 Å². The van der Waals surface area contributed by atoms with Gasteiger partial charge in [-0.3, -0.25) is 0 Å². The summed E-state index contributed by atoms with van der Waals surface area (Å²) in [6.07, 6.45) is 6.15. The third-order valence-electron chi connectivity index (χ3n) is 4.42. The van der Waals surface area contributed by atoms with Gasteiger partial charge >= 0.3 is 0 Å². The fourth-order valence-electron chi connectivity index (χ4n) is 3.27. The molecule has 0 bridgehead atoms. The van der Waals surface area contributed by atoms with Crippen LogP contribution in [-0.4, -0.2) is 12.2 Å². The molecule has 1 aliphatic rings. The van der Waals surface area contributed by atoms with Gasteiger partial charge in [0, 0.05) is 12.0 Å². The first-order valence-electron chi connectivity index (χ1n) is 5.84. The van der Waals surface area contributed by atoms with Crippen LogP contribution in [0.25, 0.3) is 0 Å². The molecule has 0 aliphatic carbocycles. The van der Waals surface area contributed by atoms with Crippen molar-refractivity contribution in [1.29, 1.82) is 0 Å². The summed E-state index contributed by atoms with van der Waals surface area (Å²) < 4.78 is 6.04. The molecule has 1 aliphatic heterocycles. The molecule has 0 aromatic rings. The van der Waals surface area contributed by atoms with Crippen LogP contribution in [0.3, 0.4) is 0 Å². The zero-order valence-corrected chi connectivity index (χ0v) is 9.65. The lowest BCUT2D eigenvalue weighted by molar-refractivity contribution is -0.0735. The van der Waals surface area contributed by atoms with Crippen molar-refractivity contribution in [2.24, 2.45) is 5.41 Å². The minimum Gasteiger partial charge on any atom is -0.374 e. The molecule has 1 heterocycles. The van der Waals surface area contributed by atoms with E-state index < -0.39 is 0 Å². The molecular formula is C12H24O. The fourth-order valence-corrected chi connectivity index (χ4v) is 3.27. The van der Waals surface area contributed by atoms with Gasteiger partial charge in [-0.15, -0.1) is 0 Å². The number of rotatable bonds is 4. The average molecular weight is 184 g/mol. The molecule has 13 heavy (non-hydrogen) atoms. The van der Waals surface area contributed by atoms with Gasteiger partial charge in [0.15, 0.2) is 0 Å². The van der Waals surface area contributed by atoms with Crippen LogP contribution in [0.5, 0.6) is 0 Å². The lowest BCUT2D eigenvalue weighted by atomic mass is 9.65. The normalized spacial score (nSPS) is 24.9. The Balaban J connectivity index is 2.92. The number of hydrogen-bond acceptors (Lipinski definition) is 1. The van der Waals surface area contributed by atoms with Gasteiger partial charge in [-0.25, -0.2) is 0 Å². The maximum absolute atomic E-state index is 6.04. The Morgan fingerprint density at radius 2 is 1.46 bits per heavy atom. The smallest absolute Gasteiger partial charge is 0.0733 e. The van der Waals surface area contributed by atoms with E-state index in [0.717, 1.165) is 6.61 Å². The molecule has 0 unspecified atom stereocenters. The molecule has 1 rings (SSSR count). The van der Waals surface area contributed by atoms with E-state index in [1.807, 2.05) is 0 Å². The zero-order valence-electron chi connectivity index (χ0n) is 9.65. The van der Waals surface area contributed by atoms with E-state index >= 15 is 0 Å². The molecule has 0 amide bonds. The third-order valence-corrected chi connectivity index (χ3v) is 4.42. The van der Waals surface area contributed by atoms with Crippen LogP contribution in [0.15, 0.2) is 0 Å². The van der Waals surface area contributed by atoms with E-state index in [-0.39, 0.29) is 5.60 Å². The maximum Gasteiger partial charge on any atom is 0.0733 e. The molecule has 1 saturated heterocycles. The van der Waals surface area contributed by atoms with E-state index in [2.05, 4.69) is 27.7 Å². The van der Waals surface area contributed by atoms with Crippen molar-refractivity contribution in [3.8, 4) is 0 Å². The van der Waals surface area contributed by atoms with Crippen LogP contribution in [0.4, 0.5) is 0 Å². The van der Waals surface area contributed by atoms with Gasteiger partial charge in [-0.2, -0.15) is 0 Å². The molecule has 0 radical (unpaired) electrons. The molecular weight excluding hydrogens is 160 g/mol. The number of ether oxygens (including phenoxy) is 1. The van der Waals surface area contributed by atoms with Crippen molar-refractivity contribution >= 4 is 0 Å². The van der Waals surface area contributed by atoms with Crippen molar-refractivity contribution in [3.05, 3.63) is 0 Å². The molecule has 0 atom stereocenters. The van der Waals surface area contributed by atoms with Gasteiger partial charge < -0.3 is 4.74 Å². The predicted octanol–water partition coefficient (Wildman–Crippen LogP) is 3.77. The van der Waals surface area contributed by atoms with Crippen LogP contribution >= 0.6 is 0 Å². The minimum absolute atomic E-state index is 0.191. The maximum atomic E-state index is 6.04. The lowest BCUT2D eigenvalue weighted by Crippen LogP contribution is -2.43. The Labute approximate surface area is 82.9 Å². The monoisotopic (exact) mass is 184 g/mol. The summed E-state index contributed by atoms with van der Waals surface area (Å²) in [6.45, 7) is 10.2. The summed E-state index contributed by atoms with van der Waals surface area (Å²) in [4.78, 5) is 0. The Morgan fingerprint density at radius 3 is 1.77 bits per heavy atom. The van der Waals surface area contributed by atoms with E-state index in [4.69, 9.17) is 4.74 Å². The first kappa shape index (κ1) is 11.0. The second-order valence-corrected chi connectivity index (χ2v) is 4.29. The Hall–Kier alpha value is -0.0400. The molecule has 0 aromatic heterocycles. The van der Waals surface area contributed by atoms with Crippen LogP contribution in [0.1, 0.15) is 59.8 Å². The summed E-state index contributed by atoms with van der Waals surface area (Å²) in [7, 11) is 0. The summed E-state index contributed by atoms with van der Waals surface area (Å²) in [5.74, 6) is 0. The fraction of sp³-hybridized carbons (Fsp3) is 1.00. The second-order valence-electron chi connectivity index (χ2n) is 4.29. The van der Waals surface area contributed by atoms with Crippen molar-refractivity contribution in [1.82, 2.24) is 0 Å². The molecule has 1 heteroatoms. The summed E-state index contributed by atoms with van der Waals surface area (Å²) in [5, 5.41) is 0. The minimum atomic E-state index is 0.191. The van der Waals surface area contributed by atoms with E-state index in [1.54, 1.807) is 0 Å². The molecule has 0 spiro atoms. The Kier molecular flexibility index (Phi) is 3.39. The van der Waals surface area contributed by atoms with E-state index in [1.165, 1.54) is 32.1 Å².